The van der Waals surface area contributed by atoms with Crippen molar-refractivity contribution in [2.75, 3.05) is 0 Å². The Morgan fingerprint density at radius 1 is 1.22 bits per heavy atom. The van der Waals surface area contributed by atoms with Crippen molar-refractivity contribution >= 4 is 27.7 Å². The Hall–Kier alpha value is -1.36. The van der Waals surface area contributed by atoms with Crippen molar-refractivity contribution in [3.05, 3.63) is 35.4 Å². The molecule has 0 bridgehead atoms. The summed E-state index contributed by atoms with van der Waals surface area (Å²) in [6.07, 6.45) is 1.63. The van der Waals surface area contributed by atoms with Crippen LogP contribution in [0, 0.1) is 6.92 Å². The van der Waals surface area contributed by atoms with E-state index >= 15 is 0 Å². The lowest BCUT2D eigenvalue weighted by Gasteiger charge is -2.10. The molecule has 1 rings (SSSR count). The van der Waals surface area contributed by atoms with Crippen molar-refractivity contribution in [1.82, 2.24) is 10.9 Å². The molecule has 0 unspecified atom stereocenters. The van der Waals surface area contributed by atoms with E-state index in [4.69, 9.17) is 0 Å². The van der Waals surface area contributed by atoms with E-state index in [2.05, 4.69) is 26.8 Å². The van der Waals surface area contributed by atoms with Crippen LogP contribution in [0.3, 0.4) is 0 Å². The molecule has 0 aliphatic carbocycles. The Morgan fingerprint density at radius 2 is 1.83 bits per heavy atom. The molecule has 4 nitrogen and oxygen atoms in total. The van der Waals surface area contributed by atoms with Crippen LogP contribution in [-0.2, 0) is 4.79 Å². The number of rotatable bonds is 4. The zero-order valence-corrected chi connectivity index (χ0v) is 12.1. The lowest BCUT2D eigenvalue weighted by atomic mass is 10.1. The van der Waals surface area contributed by atoms with Crippen LogP contribution in [-0.4, -0.2) is 16.6 Å². The first kappa shape index (κ1) is 14.7. The smallest absolute Gasteiger partial charge is 0.269 e. The summed E-state index contributed by atoms with van der Waals surface area (Å²) < 4.78 is 0. The molecule has 0 spiro atoms. The predicted octanol–water partition coefficient (Wildman–Crippen LogP) is 2.32. The van der Waals surface area contributed by atoms with Gasteiger partial charge in [0.15, 0.2) is 0 Å². The summed E-state index contributed by atoms with van der Waals surface area (Å²) in [5, 5.41) is 0. The monoisotopic (exact) mass is 312 g/mol. The highest BCUT2D eigenvalue weighted by Crippen LogP contribution is 2.07. The summed E-state index contributed by atoms with van der Waals surface area (Å²) in [4.78, 5) is 23.0. The Morgan fingerprint density at radius 3 is 2.39 bits per heavy atom. The van der Waals surface area contributed by atoms with Gasteiger partial charge >= 0.3 is 0 Å². The molecule has 1 aromatic rings. The molecule has 18 heavy (non-hydrogen) atoms. The van der Waals surface area contributed by atoms with Gasteiger partial charge in [0.05, 0.1) is 4.83 Å². The van der Waals surface area contributed by atoms with Crippen LogP contribution in [0.15, 0.2) is 24.3 Å². The molecule has 0 aliphatic rings. The number of alkyl halides is 1. The Labute approximate surface area is 115 Å². The van der Waals surface area contributed by atoms with Crippen LogP contribution in [0.4, 0.5) is 0 Å². The minimum atomic E-state index is -0.320. The summed E-state index contributed by atoms with van der Waals surface area (Å²) in [5.74, 6) is -0.558. The Balaban J connectivity index is 2.46. The number of benzene rings is 1. The molecule has 1 aromatic carbocycles. The zero-order valence-electron chi connectivity index (χ0n) is 10.5. The van der Waals surface area contributed by atoms with Crippen molar-refractivity contribution in [3.8, 4) is 0 Å². The molecule has 0 aliphatic heterocycles. The standard InChI is InChI=1S/C13H17BrN2O2/c1-3-4-11(14)13(18)16-15-12(17)10-7-5-9(2)6-8-10/h5-8,11H,3-4H2,1-2H3,(H,15,17)(H,16,18)/t11-/m1/s1. The number of amides is 2. The average molecular weight is 313 g/mol. The van der Waals surface area contributed by atoms with Crippen molar-refractivity contribution < 1.29 is 9.59 Å². The number of aryl methyl sites for hydroxylation is 1. The minimum Gasteiger partial charge on any atom is -0.272 e. The van der Waals surface area contributed by atoms with E-state index in [1.165, 1.54) is 0 Å². The number of hydrogen-bond donors (Lipinski definition) is 2. The first-order valence-corrected chi connectivity index (χ1v) is 6.77. The molecule has 2 N–H and O–H groups in total. The second-order valence-electron chi connectivity index (χ2n) is 4.07. The molecule has 2 amide bonds. The van der Waals surface area contributed by atoms with Gasteiger partial charge in [-0.05, 0) is 25.5 Å². The van der Waals surface area contributed by atoms with E-state index < -0.39 is 0 Å². The summed E-state index contributed by atoms with van der Waals surface area (Å²) in [6.45, 7) is 3.94. The molecule has 0 fully saturated rings. The predicted molar refractivity (Wildman–Crippen MR) is 74.4 cm³/mol. The molecular weight excluding hydrogens is 296 g/mol. The summed E-state index contributed by atoms with van der Waals surface area (Å²) in [5.41, 5.74) is 6.38. The number of carbonyl (C=O) groups excluding carboxylic acids is 2. The highest BCUT2D eigenvalue weighted by molar-refractivity contribution is 9.10. The van der Waals surface area contributed by atoms with E-state index in [1.807, 2.05) is 26.0 Å². The largest absolute Gasteiger partial charge is 0.272 e. The van der Waals surface area contributed by atoms with Crippen molar-refractivity contribution in [2.45, 2.75) is 31.5 Å². The number of carbonyl (C=O) groups is 2. The first-order chi connectivity index (χ1) is 8.54. The molecular formula is C13H17BrN2O2. The third kappa shape index (κ3) is 4.49. The van der Waals surface area contributed by atoms with Gasteiger partial charge in [-0.15, -0.1) is 0 Å². The molecule has 0 radical (unpaired) electrons. The first-order valence-electron chi connectivity index (χ1n) is 5.85. The maximum absolute atomic E-state index is 11.7. The van der Waals surface area contributed by atoms with E-state index in [0.29, 0.717) is 5.56 Å². The third-order valence-electron chi connectivity index (χ3n) is 2.44. The van der Waals surface area contributed by atoms with Crippen molar-refractivity contribution in [2.24, 2.45) is 0 Å². The second kappa shape index (κ2) is 7.16. The molecule has 0 saturated heterocycles. The quantitative estimate of drug-likeness (QED) is 0.662. The Kier molecular flexibility index (Phi) is 5.85. The summed E-state index contributed by atoms with van der Waals surface area (Å²) in [6, 6.07) is 7.13. The number of nitrogens with one attached hydrogen (secondary N) is 2. The number of hydrogen-bond acceptors (Lipinski definition) is 2. The highest BCUT2D eigenvalue weighted by Gasteiger charge is 2.14. The maximum atomic E-state index is 11.7. The van der Waals surface area contributed by atoms with E-state index in [0.717, 1.165) is 18.4 Å². The van der Waals surface area contributed by atoms with E-state index in [9.17, 15) is 9.59 Å². The second-order valence-corrected chi connectivity index (χ2v) is 5.17. The fourth-order valence-electron chi connectivity index (χ4n) is 1.36. The molecule has 0 saturated carbocycles. The molecule has 98 valence electrons. The fraction of sp³-hybridized carbons (Fsp3) is 0.385. The van der Waals surface area contributed by atoms with Gasteiger partial charge in [0, 0.05) is 5.56 Å². The van der Waals surface area contributed by atoms with Crippen LogP contribution in [0.2, 0.25) is 0 Å². The van der Waals surface area contributed by atoms with Gasteiger partial charge in [0.1, 0.15) is 0 Å². The lowest BCUT2D eigenvalue weighted by Crippen LogP contribution is -2.44. The van der Waals surface area contributed by atoms with Crippen molar-refractivity contribution in [1.29, 1.82) is 0 Å². The topological polar surface area (TPSA) is 58.2 Å². The minimum absolute atomic E-state index is 0.239. The van der Waals surface area contributed by atoms with Gasteiger partial charge in [-0.1, -0.05) is 47.0 Å². The fourth-order valence-corrected chi connectivity index (χ4v) is 1.93. The Bertz CT molecular complexity index is 418. The van der Waals surface area contributed by atoms with Gasteiger partial charge in [0.25, 0.3) is 11.8 Å². The van der Waals surface area contributed by atoms with Gasteiger partial charge in [-0.3, -0.25) is 20.4 Å². The SMILES string of the molecule is CCC[C@@H](Br)C(=O)NNC(=O)c1ccc(C)cc1. The molecule has 5 heteroatoms. The van der Waals surface area contributed by atoms with Gasteiger partial charge < -0.3 is 0 Å². The molecule has 1 atom stereocenters. The van der Waals surface area contributed by atoms with Crippen LogP contribution >= 0.6 is 15.9 Å². The van der Waals surface area contributed by atoms with Gasteiger partial charge in [0.2, 0.25) is 0 Å². The zero-order chi connectivity index (χ0) is 13.5. The third-order valence-corrected chi connectivity index (χ3v) is 3.31. The molecule has 0 heterocycles. The van der Waals surface area contributed by atoms with Gasteiger partial charge in [-0.25, -0.2) is 0 Å². The van der Waals surface area contributed by atoms with Crippen molar-refractivity contribution in [3.63, 3.8) is 0 Å². The van der Waals surface area contributed by atoms with E-state index in [1.54, 1.807) is 12.1 Å². The van der Waals surface area contributed by atoms with Crippen LogP contribution < -0.4 is 10.9 Å². The normalized spacial score (nSPS) is 11.7. The summed E-state index contributed by atoms with van der Waals surface area (Å²) >= 11 is 3.26. The van der Waals surface area contributed by atoms with Crippen LogP contribution in [0.25, 0.3) is 0 Å². The lowest BCUT2D eigenvalue weighted by molar-refractivity contribution is -0.121. The average Bonchev–Trinajstić information content (AvgIpc) is 2.36. The van der Waals surface area contributed by atoms with Gasteiger partial charge in [-0.2, -0.15) is 0 Å². The summed E-state index contributed by atoms with van der Waals surface area (Å²) in [7, 11) is 0. The number of hydrazine groups is 1. The maximum Gasteiger partial charge on any atom is 0.269 e. The van der Waals surface area contributed by atoms with Crippen LogP contribution in [0.1, 0.15) is 35.7 Å². The van der Waals surface area contributed by atoms with E-state index in [-0.39, 0.29) is 16.6 Å². The molecule has 0 aromatic heterocycles. The number of halogens is 1. The highest BCUT2D eigenvalue weighted by atomic mass is 79.9. The van der Waals surface area contributed by atoms with Crippen LogP contribution in [0.5, 0.6) is 0 Å².